The molecule has 0 aromatic heterocycles. The van der Waals surface area contributed by atoms with Crippen LogP contribution in [0.2, 0.25) is 0 Å². The molecule has 3 aliphatic heterocycles. The minimum atomic E-state index is -1.59. The molecule has 0 saturated carbocycles. The van der Waals surface area contributed by atoms with Gasteiger partial charge >= 0.3 is 0 Å². The van der Waals surface area contributed by atoms with Crippen LogP contribution in [0.3, 0.4) is 0 Å². The summed E-state index contributed by atoms with van der Waals surface area (Å²) in [6.07, 6.45) is -1.91. The van der Waals surface area contributed by atoms with Gasteiger partial charge in [-0.15, -0.1) is 0 Å². The first-order valence-electron chi connectivity index (χ1n) is 8.43. The van der Waals surface area contributed by atoms with Crippen molar-refractivity contribution in [2.24, 2.45) is 0 Å². The van der Waals surface area contributed by atoms with Gasteiger partial charge in [-0.3, -0.25) is 0 Å². The van der Waals surface area contributed by atoms with Crippen molar-refractivity contribution in [3.8, 4) is 0 Å². The Hall–Kier alpha value is -0.290. The molecule has 6 nitrogen and oxygen atoms in total. The lowest BCUT2D eigenvalue weighted by Crippen LogP contribution is -2.41. The molecule has 1 unspecified atom stereocenters. The van der Waals surface area contributed by atoms with Crippen molar-refractivity contribution in [2.75, 3.05) is 6.61 Å². The molecule has 1 N–H and O–H groups in total. The predicted molar refractivity (Wildman–Crippen MR) is 96.7 cm³/mol. The number of fused-ring (bicyclic) bond motifs is 1. The fourth-order valence-electron chi connectivity index (χ4n) is 3.76. The molecule has 0 aliphatic carbocycles. The molecule has 25 heavy (non-hydrogen) atoms. The van der Waals surface area contributed by atoms with Crippen molar-refractivity contribution in [2.45, 2.75) is 69.5 Å². The van der Waals surface area contributed by atoms with E-state index in [-0.39, 0.29) is 6.10 Å². The van der Waals surface area contributed by atoms with E-state index >= 15 is 0 Å². The average Bonchev–Trinajstić information content (AvgIpc) is 3.11. The van der Waals surface area contributed by atoms with Crippen molar-refractivity contribution >= 4 is 22.6 Å². The van der Waals surface area contributed by atoms with E-state index in [2.05, 4.69) is 22.6 Å². The van der Waals surface area contributed by atoms with Crippen LogP contribution in [0.4, 0.5) is 0 Å². The summed E-state index contributed by atoms with van der Waals surface area (Å²) in [7, 11) is 0. The zero-order chi connectivity index (χ0) is 18.0. The van der Waals surface area contributed by atoms with Crippen LogP contribution >= 0.6 is 22.6 Å². The van der Waals surface area contributed by atoms with Crippen molar-refractivity contribution in [1.82, 2.24) is 0 Å². The predicted octanol–water partition coefficient (Wildman–Crippen LogP) is 2.51. The Morgan fingerprint density at radius 3 is 2.20 bits per heavy atom. The maximum absolute atomic E-state index is 11.4. The summed E-state index contributed by atoms with van der Waals surface area (Å²) < 4.78 is 30.9. The van der Waals surface area contributed by atoms with E-state index in [1.807, 2.05) is 52.0 Å². The highest BCUT2D eigenvalue weighted by atomic mass is 127. The second-order valence-corrected chi connectivity index (χ2v) is 8.92. The Labute approximate surface area is 160 Å². The van der Waals surface area contributed by atoms with E-state index < -0.39 is 35.7 Å². The van der Waals surface area contributed by atoms with Gasteiger partial charge in [0.25, 0.3) is 0 Å². The normalized spacial score (nSPS) is 41.8. The van der Waals surface area contributed by atoms with Gasteiger partial charge in [-0.05, 0) is 62.4 Å². The summed E-state index contributed by atoms with van der Waals surface area (Å²) in [4.78, 5) is 0. The number of benzene rings is 1. The second-order valence-electron chi connectivity index (χ2n) is 7.67. The van der Waals surface area contributed by atoms with Crippen LogP contribution in [0.15, 0.2) is 24.3 Å². The second kappa shape index (κ2) is 5.85. The quantitative estimate of drug-likeness (QED) is 0.682. The topological polar surface area (TPSA) is 66.4 Å². The largest absolute Gasteiger partial charge is 0.360 e. The molecule has 1 aromatic carbocycles. The number of aliphatic hydroxyl groups is 1. The van der Waals surface area contributed by atoms with Crippen molar-refractivity contribution < 1.29 is 28.8 Å². The Kier molecular flexibility index (Phi) is 4.24. The van der Waals surface area contributed by atoms with E-state index in [1.165, 1.54) is 0 Å². The van der Waals surface area contributed by atoms with E-state index in [9.17, 15) is 5.11 Å². The van der Waals surface area contributed by atoms with Gasteiger partial charge in [0.15, 0.2) is 11.6 Å². The highest BCUT2D eigenvalue weighted by Crippen LogP contribution is 2.49. The lowest BCUT2D eigenvalue weighted by Gasteiger charge is -2.31. The molecule has 3 saturated heterocycles. The summed E-state index contributed by atoms with van der Waals surface area (Å²) in [5, 5.41) is 11.4. The summed E-state index contributed by atoms with van der Waals surface area (Å²) in [5.41, 5.74) is 0.643. The molecule has 138 valence electrons. The Morgan fingerprint density at radius 2 is 1.60 bits per heavy atom. The van der Waals surface area contributed by atoms with Gasteiger partial charge in [0.2, 0.25) is 5.79 Å². The molecule has 0 radical (unpaired) electrons. The van der Waals surface area contributed by atoms with E-state index in [1.54, 1.807) is 0 Å². The SMILES string of the molecule is CC1(C)OC[C@H]([C@H]2OC(O)(c3ccc(I)cc3)[C@H]3OC(C)(C)O[C@@H]23)O1. The molecule has 3 aliphatic rings. The van der Waals surface area contributed by atoms with Gasteiger partial charge in [-0.25, -0.2) is 0 Å². The number of rotatable bonds is 2. The number of ether oxygens (including phenoxy) is 5. The molecular weight excluding hydrogens is 439 g/mol. The smallest absolute Gasteiger partial charge is 0.222 e. The van der Waals surface area contributed by atoms with Gasteiger partial charge in [0.05, 0.1) is 6.61 Å². The number of halogens is 1. The van der Waals surface area contributed by atoms with E-state index in [0.29, 0.717) is 12.2 Å². The molecule has 4 rings (SSSR count). The van der Waals surface area contributed by atoms with Crippen LogP contribution in [0.25, 0.3) is 0 Å². The molecule has 3 heterocycles. The van der Waals surface area contributed by atoms with Crippen molar-refractivity contribution in [3.05, 3.63) is 33.4 Å². The van der Waals surface area contributed by atoms with Crippen LogP contribution in [0.1, 0.15) is 33.3 Å². The molecule has 5 atom stereocenters. The lowest BCUT2D eigenvalue weighted by atomic mass is 9.97. The standard InChI is InChI=1S/C18H23IO6/c1-16(2)21-9-12(22-16)13-14-15(25-17(3,4)23-14)18(20,24-13)10-5-7-11(19)8-6-10/h5-8,12-15,20H,9H2,1-4H3/t12-,13-,14+,15+,18?/m1/s1. The van der Waals surface area contributed by atoms with E-state index in [0.717, 1.165) is 3.57 Å². The van der Waals surface area contributed by atoms with Crippen LogP contribution in [-0.2, 0) is 29.5 Å². The van der Waals surface area contributed by atoms with Gasteiger partial charge in [-0.2, -0.15) is 0 Å². The maximum Gasteiger partial charge on any atom is 0.222 e. The van der Waals surface area contributed by atoms with Crippen LogP contribution < -0.4 is 0 Å². The van der Waals surface area contributed by atoms with Gasteiger partial charge in [0.1, 0.15) is 24.4 Å². The fourth-order valence-corrected chi connectivity index (χ4v) is 4.12. The third-order valence-corrected chi connectivity index (χ3v) is 5.53. The highest BCUT2D eigenvalue weighted by molar-refractivity contribution is 14.1. The Bertz CT molecular complexity index is 660. The minimum absolute atomic E-state index is 0.335. The molecule has 0 amide bonds. The Morgan fingerprint density at radius 1 is 0.920 bits per heavy atom. The monoisotopic (exact) mass is 462 g/mol. The summed E-state index contributed by atoms with van der Waals surface area (Å²) in [5.74, 6) is -3.07. The molecule has 3 fully saturated rings. The lowest BCUT2D eigenvalue weighted by molar-refractivity contribution is -0.291. The average molecular weight is 462 g/mol. The molecule has 0 bridgehead atoms. The zero-order valence-corrected chi connectivity index (χ0v) is 16.8. The third kappa shape index (κ3) is 3.13. The van der Waals surface area contributed by atoms with E-state index in [4.69, 9.17) is 23.7 Å². The minimum Gasteiger partial charge on any atom is -0.360 e. The first-order valence-corrected chi connectivity index (χ1v) is 9.51. The zero-order valence-electron chi connectivity index (χ0n) is 14.7. The van der Waals surface area contributed by atoms with Crippen LogP contribution in [0, 0.1) is 3.57 Å². The molecule has 7 heteroatoms. The molecular formula is C18H23IO6. The Balaban J connectivity index is 1.68. The number of hydrogen-bond donors (Lipinski definition) is 1. The van der Waals surface area contributed by atoms with Crippen molar-refractivity contribution in [3.63, 3.8) is 0 Å². The summed E-state index contributed by atoms with van der Waals surface area (Å²) in [6, 6.07) is 7.56. The van der Waals surface area contributed by atoms with Gasteiger partial charge < -0.3 is 28.8 Å². The fraction of sp³-hybridized carbons (Fsp3) is 0.667. The van der Waals surface area contributed by atoms with Crippen LogP contribution in [0.5, 0.6) is 0 Å². The van der Waals surface area contributed by atoms with Gasteiger partial charge in [0, 0.05) is 9.13 Å². The maximum atomic E-state index is 11.4. The first kappa shape index (κ1) is 18.1. The first-order chi connectivity index (χ1) is 11.6. The third-order valence-electron chi connectivity index (χ3n) is 4.81. The summed E-state index contributed by atoms with van der Waals surface area (Å²) >= 11 is 2.22. The van der Waals surface area contributed by atoms with Gasteiger partial charge in [-0.1, -0.05) is 12.1 Å². The summed E-state index contributed by atoms with van der Waals surface area (Å²) in [6.45, 7) is 7.79. The molecule has 1 aromatic rings. The number of hydrogen-bond acceptors (Lipinski definition) is 6. The molecule has 0 spiro atoms. The van der Waals surface area contributed by atoms with Crippen LogP contribution in [-0.4, -0.2) is 47.7 Å². The highest BCUT2D eigenvalue weighted by Gasteiger charge is 2.65. The van der Waals surface area contributed by atoms with Crippen molar-refractivity contribution in [1.29, 1.82) is 0 Å².